The van der Waals surface area contributed by atoms with Crippen molar-refractivity contribution < 1.29 is 9.90 Å². The summed E-state index contributed by atoms with van der Waals surface area (Å²) in [5.41, 5.74) is 0. The van der Waals surface area contributed by atoms with Gasteiger partial charge >= 0.3 is 0 Å². The van der Waals surface area contributed by atoms with E-state index in [1.54, 1.807) is 6.92 Å². The van der Waals surface area contributed by atoms with E-state index in [-0.39, 0.29) is 6.10 Å². The van der Waals surface area contributed by atoms with Crippen molar-refractivity contribution in [2.75, 3.05) is 0 Å². The van der Waals surface area contributed by atoms with Gasteiger partial charge in [0, 0.05) is 6.42 Å². The molecule has 1 N–H and O–H groups in total. The SMILES string of the molecule is C[C@H](O)CCC/C=C/CCC=O. The summed E-state index contributed by atoms with van der Waals surface area (Å²) < 4.78 is 0. The van der Waals surface area contributed by atoms with E-state index in [0.29, 0.717) is 6.42 Å². The summed E-state index contributed by atoms with van der Waals surface area (Å²) in [6, 6.07) is 0. The predicted molar refractivity (Wildman–Crippen MR) is 50.0 cm³/mol. The van der Waals surface area contributed by atoms with Gasteiger partial charge in [-0.15, -0.1) is 0 Å². The lowest BCUT2D eigenvalue weighted by molar-refractivity contribution is -0.107. The summed E-state index contributed by atoms with van der Waals surface area (Å²) in [5, 5.41) is 8.92. The first-order chi connectivity index (χ1) is 5.77. The molecule has 0 fully saturated rings. The number of carbonyl (C=O) groups excluding carboxylic acids is 1. The second kappa shape index (κ2) is 8.47. The molecular weight excluding hydrogens is 152 g/mol. The molecule has 2 heteroatoms. The van der Waals surface area contributed by atoms with E-state index >= 15 is 0 Å². The van der Waals surface area contributed by atoms with Gasteiger partial charge in [0.15, 0.2) is 0 Å². The molecule has 0 aliphatic rings. The Bertz CT molecular complexity index is 128. The molecule has 12 heavy (non-hydrogen) atoms. The van der Waals surface area contributed by atoms with E-state index in [0.717, 1.165) is 32.0 Å². The number of hydrogen-bond acceptors (Lipinski definition) is 2. The zero-order valence-electron chi connectivity index (χ0n) is 7.70. The summed E-state index contributed by atoms with van der Waals surface area (Å²) in [7, 11) is 0. The van der Waals surface area contributed by atoms with Crippen molar-refractivity contribution in [3.63, 3.8) is 0 Å². The van der Waals surface area contributed by atoms with Gasteiger partial charge in [0.25, 0.3) is 0 Å². The Kier molecular flexibility index (Phi) is 8.02. The number of hydrogen-bond donors (Lipinski definition) is 1. The van der Waals surface area contributed by atoms with Crippen LogP contribution < -0.4 is 0 Å². The average molecular weight is 170 g/mol. The number of aldehydes is 1. The van der Waals surface area contributed by atoms with Gasteiger partial charge in [0.2, 0.25) is 0 Å². The fourth-order valence-corrected chi connectivity index (χ4v) is 0.931. The van der Waals surface area contributed by atoms with E-state index in [2.05, 4.69) is 6.08 Å². The van der Waals surface area contributed by atoms with E-state index < -0.39 is 0 Å². The van der Waals surface area contributed by atoms with Crippen LogP contribution in [0.1, 0.15) is 39.0 Å². The lowest BCUT2D eigenvalue weighted by atomic mass is 10.1. The minimum absolute atomic E-state index is 0.187. The Hall–Kier alpha value is -0.630. The van der Waals surface area contributed by atoms with E-state index in [4.69, 9.17) is 5.11 Å². The highest BCUT2D eigenvalue weighted by atomic mass is 16.3. The number of aliphatic hydroxyl groups is 1. The highest BCUT2D eigenvalue weighted by Crippen LogP contribution is 2.01. The maximum Gasteiger partial charge on any atom is 0.120 e. The van der Waals surface area contributed by atoms with Crippen LogP contribution in [0.15, 0.2) is 12.2 Å². The van der Waals surface area contributed by atoms with Crippen LogP contribution in [0, 0.1) is 0 Å². The van der Waals surface area contributed by atoms with Crippen LogP contribution in [0.2, 0.25) is 0 Å². The summed E-state index contributed by atoms with van der Waals surface area (Å²) >= 11 is 0. The molecule has 0 rings (SSSR count). The molecule has 0 spiro atoms. The monoisotopic (exact) mass is 170 g/mol. The normalized spacial score (nSPS) is 13.5. The summed E-state index contributed by atoms with van der Waals surface area (Å²) in [6.45, 7) is 1.80. The fourth-order valence-electron chi connectivity index (χ4n) is 0.931. The zero-order valence-corrected chi connectivity index (χ0v) is 7.70. The van der Waals surface area contributed by atoms with E-state index in [1.165, 1.54) is 0 Å². The molecule has 0 bridgehead atoms. The number of allylic oxidation sites excluding steroid dienone is 2. The topological polar surface area (TPSA) is 37.3 Å². The first-order valence-electron chi connectivity index (χ1n) is 4.54. The summed E-state index contributed by atoms with van der Waals surface area (Å²) in [4.78, 5) is 9.92. The highest BCUT2D eigenvalue weighted by molar-refractivity contribution is 5.49. The predicted octanol–water partition coefficient (Wildman–Crippen LogP) is 2.07. The summed E-state index contributed by atoms with van der Waals surface area (Å²) in [5.74, 6) is 0. The third-order valence-corrected chi connectivity index (χ3v) is 1.61. The maximum atomic E-state index is 9.92. The molecule has 0 radical (unpaired) electrons. The third kappa shape index (κ3) is 9.37. The lowest BCUT2D eigenvalue weighted by Crippen LogP contribution is -1.97. The molecule has 70 valence electrons. The van der Waals surface area contributed by atoms with Crippen molar-refractivity contribution in [3.05, 3.63) is 12.2 Å². The first-order valence-corrected chi connectivity index (χ1v) is 4.54. The van der Waals surface area contributed by atoms with Crippen molar-refractivity contribution in [2.24, 2.45) is 0 Å². The van der Waals surface area contributed by atoms with Crippen molar-refractivity contribution in [1.82, 2.24) is 0 Å². The Morgan fingerprint density at radius 2 is 1.92 bits per heavy atom. The van der Waals surface area contributed by atoms with Crippen molar-refractivity contribution in [2.45, 2.75) is 45.1 Å². The fraction of sp³-hybridized carbons (Fsp3) is 0.700. The van der Waals surface area contributed by atoms with E-state index in [1.807, 2.05) is 6.08 Å². The van der Waals surface area contributed by atoms with Crippen LogP contribution in [-0.2, 0) is 4.79 Å². The molecular formula is C10H18O2. The minimum Gasteiger partial charge on any atom is -0.393 e. The quantitative estimate of drug-likeness (QED) is 0.361. The van der Waals surface area contributed by atoms with Crippen LogP contribution in [-0.4, -0.2) is 17.5 Å². The second-order valence-electron chi connectivity index (χ2n) is 3.00. The first kappa shape index (κ1) is 11.4. The molecule has 0 amide bonds. The largest absolute Gasteiger partial charge is 0.393 e. The van der Waals surface area contributed by atoms with Crippen LogP contribution in [0.3, 0.4) is 0 Å². The van der Waals surface area contributed by atoms with Gasteiger partial charge in [-0.1, -0.05) is 12.2 Å². The number of unbranched alkanes of at least 4 members (excludes halogenated alkanes) is 2. The molecule has 0 aromatic heterocycles. The van der Waals surface area contributed by atoms with Gasteiger partial charge in [0.1, 0.15) is 6.29 Å². The van der Waals surface area contributed by atoms with Crippen LogP contribution in [0.25, 0.3) is 0 Å². The lowest BCUT2D eigenvalue weighted by Gasteiger charge is -1.99. The van der Waals surface area contributed by atoms with Gasteiger partial charge in [0.05, 0.1) is 6.10 Å². The molecule has 0 saturated carbocycles. The van der Waals surface area contributed by atoms with Crippen LogP contribution in [0.4, 0.5) is 0 Å². The Morgan fingerprint density at radius 1 is 1.25 bits per heavy atom. The number of aliphatic hydroxyl groups excluding tert-OH is 1. The number of rotatable bonds is 7. The average Bonchev–Trinajstić information content (AvgIpc) is 2.02. The zero-order chi connectivity index (χ0) is 9.23. The molecule has 0 aromatic carbocycles. The summed E-state index contributed by atoms with van der Waals surface area (Å²) in [6.07, 6.45) is 9.19. The minimum atomic E-state index is -0.187. The number of carbonyl (C=O) groups is 1. The Balaban J connectivity index is 3.07. The van der Waals surface area contributed by atoms with Gasteiger partial charge in [-0.3, -0.25) is 0 Å². The molecule has 0 saturated heterocycles. The molecule has 1 atom stereocenters. The molecule has 0 heterocycles. The van der Waals surface area contributed by atoms with Crippen LogP contribution in [0.5, 0.6) is 0 Å². The molecule has 0 unspecified atom stereocenters. The van der Waals surface area contributed by atoms with Crippen molar-refractivity contribution >= 4 is 6.29 Å². The van der Waals surface area contributed by atoms with Gasteiger partial charge in [-0.25, -0.2) is 0 Å². The standard InChI is InChI=1S/C10H18O2/c1-10(12)8-6-4-2-3-5-7-9-11/h2-3,9-10,12H,4-8H2,1H3/b3-2+/t10-/m0/s1. The van der Waals surface area contributed by atoms with E-state index in [9.17, 15) is 4.79 Å². The third-order valence-electron chi connectivity index (χ3n) is 1.61. The highest BCUT2D eigenvalue weighted by Gasteiger charge is 1.92. The molecule has 0 aliphatic heterocycles. The van der Waals surface area contributed by atoms with Gasteiger partial charge in [-0.05, 0) is 32.6 Å². The second-order valence-corrected chi connectivity index (χ2v) is 3.00. The Labute approximate surface area is 74.3 Å². The van der Waals surface area contributed by atoms with Gasteiger partial charge < -0.3 is 9.90 Å². The molecule has 0 aromatic rings. The van der Waals surface area contributed by atoms with Crippen LogP contribution >= 0.6 is 0 Å². The molecule has 0 aliphatic carbocycles. The molecule has 2 nitrogen and oxygen atoms in total. The van der Waals surface area contributed by atoms with Crippen molar-refractivity contribution in [3.8, 4) is 0 Å². The van der Waals surface area contributed by atoms with Gasteiger partial charge in [-0.2, -0.15) is 0 Å². The van der Waals surface area contributed by atoms with Crippen molar-refractivity contribution in [1.29, 1.82) is 0 Å². The Morgan fingerprint density at radius 3 is 2.50 bits per heavy atom. The maximum absolute atomic E-state index is 9.92. The smallest absolute Gasteiger partial charge is 0.120 e.